The molecule has 0 spiro atoms. The monoisotopic (exact) mass is 303 g/mol. The lowest BCUT2D eigenvalue weighted by atomic mass is 10.2. The van der Waals surface area contributed by atoms with Gasteiger partial charge in [0, 0.05) is 19.5 Å². The van der Waals surface area contributed by atoms with Crippen LogP contribution in [0.4, 0.5) is 5.95 Å². The molecule has 19 heavy (non-hydrogen) atoms. The molecule has 106 valence electrons. The van der Waals surface area contributed by atoms with Crippen LogP contribution < -0.4 is 15.4 Å². The Hall–Kier alpha value is -1.21. The molecule has 0 aliphatic heterocycles. The molecule has 1 heterocycles. The highest BCUT2D eigenvalue weighted by atomic mass is 35.5. The number of anilines is 1. The first kappa shape index (κ1) is 15.8. The van der Waals surface area contributed by atoms with E-state index in [0.717, 1.165) is 6.54 Å². The van der Waals surface area contributed by atoms with Crippen LogP contribution >= 0.6 is 23.8 Å². The summed E-state index contributed by atoms with van der Waals surface area (Å²) in [6.45, 7) is 5.62. The maximum absolute atomic E-state index is 5.85. The lowest BCUT2D eigenvalue weighted by Gasteiger charge is -2.24. The molecule has 0 unspecified atom stereocenters. The Bertz CT molecular complexity index is 443. The second kappa shape index (κ2) is 7.40. The number of hydrogen-bond donors (Lipinski definition) is 1. The van der Waals surface area contributed by atoms with Gasteiger partial charge in [0.2, 0.25) is 11.2 Å². The van der Waals surface area contributed by atoms with Gasteiger partial charge in [0.05, 0.1) is 12.1 Å². The zero-order valence-electron chi connectivity index (χ0n) is 11.3. The molecule has 2 N–H and O–H groups in total. The average Bonchev–Trinajstić information content (AvgIpc) is 2.32. The second-order valence-electron chi connectivity index (χ2n) is 4.45. The van der Waals surface area contributed by atoms with Gasteiger partial charge in [-0.3, -0.25) is 0 Å². The minimum atomic E-state index is 0.103. The standard InChI is InChI=1S/C11H18ClN5OS/c1-7(2)6-17(5-4-8(13)19)10-14-9(12)15-11(16-10)18-3/h7H,4-6H2,1-3H3,(H2,13,19). The third kappa shape index (κ3) is 5.52. The van der Waals surface area contributed by atoms with Gasteiger partial charge in [-0.1, -0.05) is 26.1 Å². The summed E-state index contributed by atoms with van der Waals surface area (Å²) in [5, 5.41) is 0.103. The van der Waals surface area contributed by atoms with E-state index < -0.39 is 0 Å². The van der Waals surface area contributed by atoms with Crippen LogP contribution in [-0.4, -0.2) is 40.1 Å². The van der Waals surface area contributed by atoms with Gasteiger partial charge >= 0.3 is 6.01 Å². The van der Waals surface area contributed by atoms with Gasteiger partial charge in [0.15, 0.2) is 0 Å². The van der Waals surface area contributed by atoms with Crippen molar-refractivity contribution in [3.05, 3.63) is 5.28 Å². The number of rotatable bonds is 7. The summed E-state index contributed by atoms with van der Waals surface area (Å²) in [4.78, 5) is 14.6. The van der Waals surface area contributed by atoms with Crippen LogP contribution in [0, 0.1) is 5.92 Å². The Morgan fingerprint density at radius 1 is 1.42 bits per heavy atom. The first-order chi connectivity index (χ1) is 8.92. The molecule has 1 aromatic rings. The summed E-state index contributed by atoms with van der Waals surface area (Å²) in [6, 6.07) is 0.194. The third-order valence-corrected chi connectivity index (χ3v) is 2.63. The number of thiocarbonyl (C=S) groups is 1. The molecule has 1 rings (SSSR count). The van der Waals surface area contributed by atoms with Crippen molar-refractivity contribution in [2.75, 3.05) is 25.1 Å². The van der Waals surface area contributed by atoms with E-state index >= 15 is 0 Å². The van der Waals surface area contributed by atoms with E-state index in [2.05, 4.69) is 28.8 Å². The Kier molecular flexibility index (Phi) is 6.17. The van der Waals surface area contributed by atoms with E-state index in [1.54, 1.807) is 0 Å². The number of aromatic nitrogens is 3. The van der Waals surface area contributed by atoms with Crippen LogP contribution in [0.1, 0.15) is 20.3 Å². The summed E-state index contributed by atoms with van der Waals surface area (Å²) in [5.74, 6) is 0.912. The van der Waals surface area contributed by atoms with Crippen LogP contribution in [0.5, 0.6) is 6.01 Å². The minimum Gasteiger partial charge on any atom is -0.467 e. The summed E-state index contributed by atoms with van der Waals surface area (Å²) < 4.78 is 4.99. The number of methoxy groups -OCH3 is 1. The molecular formula is C11H18ClN5OS. The fourth-order valence-corrected chi connectivity index (χ4v) is 1.75. The molecule has 0 saturated heterocycles. The first-order valence-electron chi connectivity index (χ1n) is 5.91. The number of halogens is 1. The van der Waals surface area contributed by atoms with Crippen LogP contribution in [0.25, 0.3) is 0 Å². The van der Waals surface area contributed by atoms with Crippen molar-refractivity contribution in [3.63, 3.8) is 0 Å². The van der Waals surface area contributed by atoms with Gasteiger partial charge in [-0.15, -0.1) is 0 Å². The molecular weight excluding hydrogens is 286 g/mol. The third-order valence-electron chi connectivity index (χ3n) is 2.25. The Labute approximate surface area is 123 Å². The fourth-order valence-electron chi connectivity index (χ4n) is 1.51. The van der Waals surface area contributed by atoms with Crippen LogP contribution in [-0.2, 0) is 0 Å². The molecule has 0 saturated carbocycles. The van der Waals surface area contributed by atoms with Crippen molar-refractivity contribution in [2.45, 2.75) is 20.3 Å². The van der Waals surface area contributed by atoms with E-state index in [4.69, 9.17) is 34.3 Å². The van der Waals surface area contributed by atoms with Crippen LogP contribution in [0.3, 0.4) is 0 Å². The van der Waals surface area contributed by atoms with Crippen molar-refractivity contribution >= 4 is 34.8 Å². The maximum atomic E-state index is 5.85. The van der Waals surface area contributed by atoms with E-state index in [1.807, 2.05) is 4.90 Å². The molecule has 0 atom stereocenters. The largest absolute Gasteiger partial charge is 0.467 e. The SMILES string of the molecule is COc1nc(Cl)nc(N(CCC(N)=S)CC(C)C)n1. The lowest BCUT2D eigenvalue weighted by molar-refractivity contribution is 0.377. The average molecular weight is 304 g/mol. The highest BCUT2D eigenvalue weighted by Crippen LogP contribution is 2.16. The molecule has 0 amide bonds. The molecule has 0 bridgehead atoms. The first-order valence-corrected chi connectivity index (χ1v) is 6.69. The van der Waals surface area contributed by atoms with E-state index in [1.165, 1.54) is 7.11 Å². The zero-order chi connectivity index (χ0) is 14.4. The van der Waals surface area contributed by atoms with Crippen molar-refractivity contribution in [1.82, 2.24) is 15.0 Å². The summed E-state index contributed by atoms with van der Waals surface area (Å²) in [6.07, 6.45) is 0.591. The number of ether oxygens (including phenoxy) is 1. The highest BCUT2D eigenvalue weighted by Gasteiger charge is 2.15. The quantitative estimate of drug-likeness (QED) is 0.768. The number of nitrogens with two attached hydrogens (primary N) is 1. The second-order valence-corrected chi connectivity index (χ2v) is 5.31. The van der Waals surface area contributed by atoms with Gasteiger partial charge in [-0.25, -0.2) is 0 Å². The minimum absolute atomic E-state index is 0.103. The van der Waals surface area contributed by atoms with E-state index in [9.17, 15) is 0 Å². The zero-order valence-corrected chi connectivity index (χ0v) is 12.8. The maximum Gasteiger partial charge on any atom is 0.322 e. The van der Waals surface area contributed by atoms with Gasteiger partial charge < -0.3 is 15.4 Å². The predicted molar refractivity (Wildman–Crippen MR) is 79.8 cm³/mol. The van der Waals surface area contributed by atoms with Crippen molar-refractivity contribution in [3.8, 4) is 6.01 Å². The predicted octanol–water partition coefficient (Wildman–Crippen LogP) is 1.67. The molecule has 0 aliphatic carbocycles. The highest BCUT2D eigenvalue weighted by molar-refractivity contribution is 7.80. The van der Waals surface area contributed by atoms with Gasteiger partial charge in [-0.05, 0) is 17.5 Å². The van der Waals surface area contributed by atoms with Crippen molar-refractivity contribution in [1.29, 1.82) is 0 Å². The molecule has 1 aromatic heterocycles. The molecule has 6 nitrogen and oxygen atoms in total. The molecule has 8 heteroatoms. The number of hydrogen-bond acceptors (Lipinski definition) is 6. The van der Waals surface area contributed by atoms with Crippen LogP contribution in [0.2, 0.25) is 5.28 Å². The molecule has 0 radical (unpaired) electrons. The normalized spacial score (nSPS) is 10.6. The number of nitrogens with zero attached hydrogens (tertiary/aromatic N) is 4. The molecule has 0 aromatic carbocycles. The Morgan fingerprint density at radius 3 is 2.63 bits per heavy atom. The van der Waals surface area contributed by atoms with Gasteiger partial charge in [-0.2, -0.15) is 15.0 Å². The van der Waals surface area contributed by atoms with Crippen molar-refractivity contribution in [2.24, 2.45) is 11.7 Å². The molecule has 0 aliphatic rings. The fraction of sp³-hybridized carbons (Fsp3) is 0.636. The van der Waals surface area contributed by atoms with Crippen molar-refractivity contribution < 1.29 is 4.74 Å². The molecule has 0 fully saturated rings. The van der Waals surface area contributed by atoms with E-state index in [0.29, 0.717) is 29.8 Å². The van der Waals surface area contributed by atoms with Gasteiger partial charge in [0.25, 0.3) is 0 Å². The summed E-state index contributed by atoms with van der Waals surface area (Å²) in [5.41, 5.74) is 5.54. The summed E-state index contributed by atoms with van der Waals surface area (Å²) >= 11 is 10.8. The Balaban J connectivity index is 2.94. The van der Waals surface area contributed by atoms with Crippen LogP contribution in [0.15, 0.2) is 0 Å². The smallest absolute Gasteiger partial charge is 0.322 e. The summed E-state index contributed by atoms with van der Waals surface area (Å²) in [7, 11) is 1.48. The van der Waals surface area contributed by atoms with E-state index in [-0.39, 0.29) is 11.3 Å². The lowest BCUT2D eigenvalue weighted by Crippen LogP contribution is -2.32. The topological polar surface area (TPSA) is 77.2 Å². The Morgan fingerprint density at radius 2 is 2.11 bits per heavy atom. The van der Waals surface area contributed by atoms with Gasteiger partial charge in [0.1, 0.15) is 0 Å².